The van der Waals surface area contributed by atoms with E-state index in [1.165, 1.54) is 83.5 Å². The smallest absolute Gasteiger partial charge is 0.0995 e. The lowest BCUT2D eigenvalue weighted by molar-refractivity contribution is 0.208. The molecule has 2 unspecified atom stereocenters. The first-order chi connectivity index (χ1) is 11.8. The van der Waals surface area contributed by atoms with Gasteiger partial charge in [0.2, 0.25) is 0 Å². The minimum Gasteiger partial charge on any atom is -0.370 e. The van der Waals surface area contributed by atoms with Crippen LogP contribution in [0.25, 0.3) is 0 Å². The summed E-state index contributed by atoms with van der Waals surface area (Å²) >= 11 is 0. The van der Waals surface area contributed by atoms with Crippen molar-refractivity contribution in [3.63, 3.8) is 0 Å². The third kappa shape index (κ3) is 10.0. The lowest BCUT2D eigenvalue weighted by atomic mass is 10.1. The first kappa shape index (κ1) is 21.1. The highest BCUT2D eigenvalue weighted by Gasteiger charge is 2.20. The van der Waals surface area contributed by atoms with E-state index in [1.54, 1.807) is 0 Å². The lowest BCUT2D eigenvalue weighted by Crippen LogP contribution is -2.44. The molecular formula is C21H41N3. The molecule has 0 fully saturated rings. The molecule has 0 aromatic heterocycles. The van der Waals surface area contributed by atoms with Crippen LogP contribution in [0.4, 0.5) is 0 Å². The van der Waals surface area contributed by atoms with Gasteiger partial charge in [0.1, 0.15) is 0 Å². The van der Waals surface area contributed by atoms with Crippen LogP contribution in [0.2, 0.25) is 0 Å². The van der Waals surface area contributed by atoms with Crippen LogP contribution in [0.3, 0.4) is 0 Å². The Hall–Kier alpha value is -0.960. The van der Waals surface area contributed by atoms with Gasteiger partial charge in [-0.1, -0.05) is 64.0 Å². The van der Waals surface area contributed by atoms with Gasteiger partial charge in [-0.2, -0.15) is 0 Å². The van der Waals surface area contributed by atoms with Crippen LogP contribution in [0, 0.1) is 0 Å². The summed E-state index contributed by atoms with van der Waals surface area (Å²) < 4.78 is 0. The van der Waals surface area contributed by atoms with Crippen LogP contribution in [-0.2, 0) is 0 Å². The summed E-state index contributed by atoms with van der Waals surface area (Å²) in [6.07, 6.45) is 26.8. The summed E-state index contributed by atoms with van der Waals surface area (Å²) in [5.74, 6) is 0. The Morgan fingerprint density at radius 2 is 1.54 bits per heavy atom. The molecule has 0 spiro atoms. The van der Waals surface area contributed by atoms with Crippen molar-refractivity contribution in [2.45, 2.75) is 110 Å². The number of nitrogens with two attached hydrogens (primary N) is 1. The zero-order valence-corrected chi connectivity index (χ0v) is 16.2. The quantitative estimate of drug-likeness (QED) is 0.300. The number of hydrogen-bond acceptors (Lipinski definition) is 3. The Morgan fingerprint density at radius 3 is 2.17 bits per heavy atom. The molecule has 0 aromatic rings. The molecule has 140 valence electrons. The van der Waals surface area contributed by atoms with E-state index < -0.39 is 0 Å². The highest BCUT2D eigenvalue weighted by molar-refractivity contribution is 4.95. The largest absolute Gasteiger partial charge is 0.370 e. The van der Waals surface area contributed by atoms with Gasteiger partial charge in [0.15, 0.2) is 0 Å². The van der Waals surface area contributed by atoms with Crippen LogP contribution in [0.5, 0.6) is 0 Å². The van der Waals surface area contributed by atoms with Crippen LogP contribution < -0.4 is 11.1 Å². The van der Waals surface area contributed by atoms with Crippen molar-refractivity contribution in [1.29, 1.82) is 0 Å². The van der Waals surface area contributed by atoms with Crippen molar-refractivity contribution in [2.75, 3.05) is 0 Å². The molecule has 1 heterocycles. The average molecular weight is 336 g/mol. The number of nitrogens with zero attached hydrogens (tertiary/aromatic N) is 1. The van der Waals surface area contributed by atoms with Gasteiger partial charge < -0.3 is 16.0 Å². The van der Waals surface area contributed by atoms with Gasteiger partial charge in [-0.05, 0) is 45.4 Å². The normalized spacial score (nSPS) is 18.5. The summed E-state index contributed by atoms with van der Waals surface area (Å²) in [6, 6.07) is 0. The van der Waals surface area contributed by atoms with Crippen LogP contribution in [0.1, 0.15) is 97.3 Å². The van der Waals surface area contributed by atoms with Crippen molar-refractivity contribution in [3.05, 3.63) is 24.6 Å². The molecule has 1 aliphatic heterocycles. The Kier molecular flexibility index (Phi) is 12.6. The fourth-order valence-electron chi connectivity index (χ4n) is 3.31. The average Bonchev–Trinajstić information content (AvgIpc) is 3.04. The molecule has 24 heavy (non-hydrogen) atoms. The van der Waals surface area contributed by atoms with Crippen molar-refractivity contribution in [3.8, 4) is 0 Å². The maximum Gasteiger partial charge on any atom is 0.0995 e. The molecule has 3 heteroatoms. The monoisotopic (exact) mass is 335 g/mol. The first-order valence-electron chi connectivity index (χ1n) is 10.4. The van der Waals surface area contributed by atoms with E-state index in [0.29, 0.717) is 6.17 Å². The van der Waals surface area contributed by atoms with E-state index in [1.807, 2.05) is 13.1 Å². The molecule has 0 aromatic carbocycles. The molecule has 0 radical (unpaired) electrons. The van der Waals surface area contributed by atoms with Gasteiger partial charge >= 0.3 is 0 Å². The standard InChI is InChI=1S/C21H41N3/c1-3-4-5-6-7-8-9-10-11-12-13-14-15-16-17-21-23-18-19-24(21)20(2)22/h10-11,18-21,23H,3-9,12-17,22H2,1-2H3/b11-10+. The molecular weight excluding hydrogens is 294 g/mol. The van der Waals surface area contributed by atoms with Gasteiger partial charge in [0.25, 0.3) is 0 Å². The van der Waals surface area contributed by atoms with Crippen molar-refractivity contribution in [1.82, 2.24) is 10.2 Å². The Labute approximate surface area is 150 Å². The molecule has 1 aliphatic rings. The van der Waals surface area contributed by atoms with Crippen molar-refractivity contribution < 1.29 is 0 Å². The van der Waals surface area contributed by atoms with E-state index in [4.69, 9.17) is 5.73 Å². The third-order valence-electron chi connectivity index (χ3n) is 4.85. The highest BCUT2D eigenvalue weighted by atomic mass is 15.3. The van der Waals surface area contributed by atoms with Gasteiger partial charge in [-0.15, -0.1) is 0 Å². The topological polar surface area (TPSA) is 41.3 Å². The Morgan fingerprint density at radius 1 is 0.958 bits per heavy atom. The predicted molar refractivity (Wildman–Crippen MR) is 106 cm³/mol. The van der Waals surface area contributed by atoms with E-state index in [2.05, 4.69) is 35.5 Å². The zero-order valence-electron chi connectivity index (χ0n) is 16.2. The summed E-state index contributed by atoms with van der Waals surface area (Å²) in [6.45, 7) is 4.32. The maximum atomic E-state index is 5.97. The molecule has 3 nitrogen and oxygen atoms in total. The number of allylic oxidation sites excluding steroid dienone is 2. The van der Waals surface area contributed by atoms with E-state index in [9.17, 15) is 0 Å². The minimum atomic E-state index is 0.0954. The Bertz CT molecular complexity index is 336. The molecule has 0 saturated heterocycles. The predicted octanol–water partition coefficient (Wildman–Crippen LogP) is 5.64. The minimum absolute atomic E-state index is 0.0954. The van der Waals surface area contributed by atoms with Gasteiger partial charge in [0.05, 0.1) is 12.3 Å². The second-order valence-corrected chi connectivity index (χ2v) is 7.21. The summed E-state index contributed by atoms with van der Waals surface area (Å²) in [5, 5.41) is 3.39. The lowest BCUT2D eigenvalue weighted by Gasteiger charge is -2.28. The number of nitrogens with one attached hydrogen (secondary N) is 1. The molecule has 0 aliphatic carbocycles. The fraction of sp³-hybridized carbons (Fsp3) is 0.810. The summed E-state index contributed by atoms with van der Waals surface area (Å²) in [4.78, 5) is 2.21. The summed E-state index contributed by atoms with van der Waals surface area (Å²) in [5.41, 5.74) is 5.97. The van der Waals surface area contributed by atoms with Gasteiger partial charge in [-0.25, -0.2) is 0 Å². The van der Waals surface area contributed by atoms with Crippen LogP contribution >= 0.6 is 0 Å². The SMILES string of the molecule is CCCCCCCC/C=C/CCCCCCC1NC=CN1C(C)N. The first-order valence-corrected chi connectivity index (χ1v) is 10.4. The van der Waals surface area contributed by atoms with E-state index in [0.717, 1.165) is 0 Å². The molecule has 0 amide bonds. The molecule has 0 bridgehead atoms. The van der Waals surface area contributed by atoms with Gasteiger partial charge in [0, 0.05) is 12.4 Å². The second-order valence-electron chi connectivity index (χ2n) is 7.21. The van der Waals surface area contributed by atoms with Gasteiger partial charge in [-0.3, -0.25) is 0 Å². The molecule has 2 atom stereocenters. The molecule has 1 rings (SSSR count). The highest BCUT2D eigenvalue weighted by Crippen LogP contribution is 2.15. The second kappa shape index (κ2) is 14.4. The zero-order chi connectivity index (χ0) is 17.5. The number of hydrogen-bond donors (Lipinski definition) is 2. The van der Waals surface area contributed by atoms with E-state index in [-0.39, 0.29) is 6.17 Å². The molecule has 3 N–H and O–H groups in total. The number of rotatable bonds is 15. The summed E-state index contributed by atoms with van der Waals surface area (Å²) in [7, 11) is 0. The van der Waals surface area contributed by atoms with Crippen LogP contribution in [0.15, 0.2) is 24.6 Å². The third-order valence-corrected chi connectivity index (χ3v) is 4.85. The number of unbranched alkanes of at least 4 members (excludes halogenated alkanes) is 10. The van der Waals surface area contributed by atoms with E-state index >= 15 is 0 Å². The maximum absolute atomic E-state index is 5.97. The Balaban J connectivity index is 1.84. The fourth-order valence-corrected chi connectivity index (χ4v) is 3.31. The van der Waals surface area contributed by atoms with Crippen molar-refractivity contribution >= 4 is 0 Å². The van der Waals surface area contributed by atoms with Crippen molar-refractivity contribution in [2.24, 2.45) is 5.73 Å². The molecule has 0 saturated carbocycles. The van der Waals surface area contributed by atoms with Crippen LogP contribution in [-0.4, -0.2) is 17.2 Å².